The Balaban J connectivity index is 1.66. The zero-order valence-electron chi connectivity index (χ0n) is 13.6. The van der Waals surface area contributed by atoms with Gasteiger partial charge in [0.25, 0.3) is 0 Å². The molecule has 1 amide bonds. The average Bonchev–Trinajstić information content (AvgIpc) is 3.15. The third-order valence-corrected chi connectivity index (χ3v) is 5.91. The second-order valence-electron chi connectivity index (χ2n) is 5.65. The molecule has 0 spiro atoms. The normalized spacial score (nSPS) is 16.3. The van der Waals surface area contributed by atoms with Gasteiger partial charge in [0.1, 0.15) is 22.3 Å². The number of hydrogen-bond acceptors (Lipinski definition) is 4. The van der Waals surface area contributed by atoms with Crippen molar-refractivity contribution < 1.29 is 26.4 Å². The van der Waals surface area contributed by atoms with Crippen LogP contribution in [0.15, 0.2) is 52.0 Å². The minimum absolute atomic E-state index is 0.00137. The number of furan rings is 1. The Morgan fingerprint density at radius 2 is 1.85 bits per heavy atom. The van der Waals surface area contributed by atoms with Crippen molar-refractivity contribution in [3.8, 4) is 0 Å². The molecule has 138 valence electrons. The van der Waals surface area contributed by atoms with E-state index in [1.807, 2.05) is 0 Å². The summed E-state index contributed by atoms with van der Waals surface area (Å²) in [4.78, 5) is 12.9. The standard InChI is InChI=1S/C17H16F2N2O4S/c18-13-3-5-15(19)16(12-13)26(23,24)21-9-7-20(8-10-21)17(22)6-4-14-2-1-11-25-14/h1-6,11-12H,7-10H2/b6-4+. The van der Waals surface area contributed by atoms with Gasteiger partial charge < -0.3 is 9.32 Å². The molecule has 6 nitrogen and oxygen atoms in total. The number of carbonyl (C=O) groups excluding carboxylic acids is 1. The molecule has 1 aromatic carbocycles. The van der Waals surface area contributed by atoms with E-state index in [0.717, 1.165) is 16.4 Å². The Hall–Kier alpha value is -2.52. The maximum Gasteiger partial charge on any atom is 0.246 e. The lowest BCUT2D eigenvalue weighted by Gasteiger charge is -2.33. The van der Waals surface area contributed by atoms with Crippen LogP contribution >= 0.6 is 0 Å². The van der Waals surface area contributed by atoms with Gasteiger partial charge in [0.2, 0.25) is 15.9 Å². The number of sulfonamides is 1. The Kier molecular flexibility index (Phi) is 5.19. The summed E-state index contributed by atoms with van der Waals surface area (Å²) in [6.07, 6.45) is 4.35. The third kappa shape index (κ3) is 3.83. The fourth-order valence-corrected chi connectivity index (χ4v) is 4.11. The third-order valence-electron chi connectivity index (χ3n) is 3.99. The molecular formula is C17H16F2N2O4S. The number of rotatable bonds is 4. The Labute approximate surface area is 149 Å². The van der Waals surface area contributed by atoms with Crippen molar-refractivity contribution in [2.24, 2.45) is 0 Å². The highest BCUT2D eigenvalue weighted by molar-refractivity contribution is 7.89. The number of carbonyl (C=O) groups is 1. The molecular weight excluding hydrogens is 366 g/mol. The van der Waals surface area contributed by atoms with Gasteiger partial charge in [-0.3, -0.25) is 4.79 Å². The van der Waals surface area contributed by atoms with Crippen molar-refractivity contribution in [2.75, 3.05) is 26.2 Å². The van der Waals surface area contributed by atoms with E-state index in [2.05, 4.69) is 0 Å². The maximum absolute atomic E-state index is 13.8. The molecule has 0 N–H and O–H groups in total. The van der Waals surface area contributed by atoms with Crippen LogP contribution in [0.1, 0.15) is 5.76 Å². The molecule has 0 aliphatic carbocycles. The summed E-state index contributed by atoms with van der Waals surface area (Å²) in [5.41, 5.74) is 0. The Morgan fingerprint density at radius 3 is 2.50 bits per heavy atom. The van der Waals surface area contributed by atoms with Crippen LogP contribution in [0.3, 0.4) is 0 Å². The first kappa shape index (κ1) is 18.3. The topological polar surface area (TPSA) is 70.8 Å². The molecule has 1 aliphatic heterocycles. The van der Waals surface area contributed by atoms with E-state index in [1.165, 1.54) is 23.3 Å². The van der Waals surface area contributed by atoms with Crippen LogP contribution in [-0.2, 0) is 14.8 Å². The van der Waals surface area contributed by atoms with Crippen molar-refractivity contribution in [3.05, 3.63) is 60.1 Å². The summed E-state index contributed by atoms with van der Waals surface area (Å²) in [5.74, 6) is -1.59. The van der Waals surface area contributed by atoms with Crippen LogP contribution in [0.5, 0.6) is 0 Å². The highest BCUT2D eigenvalue weighted by Crippen LogP contribution is 2.21. The van der Waals surface area contributed by atoms with Crippen molar-refractivity contribution >= 4 is 22.0 Å². The van der Waals surface area contributed by atoms with E-state index in [0.29, 0.717) is 11.8 Å². The highest BCUT2D eigenvalue weighted by Gasteiger charge is 2.31. The maximum atomic E-state index is 13.8. The average molecular weight is 382 g/mol. The second kappa shape index (κ2) is 7.38. The monoisotopic (exact) mass is 382 g/mol. The van der Waals surface area contributed by atoms with Gasteiger partial charge in [-0.1, -0.05) is 0 Å². The van der Waals surface area contributed by atoms with Gasteiger partial charge in [0, 0.05) is 32.3 Å². The van der Waals surface area contributed by atoms with E-state index in [9.17, 15) is 22.0 Å². The van der Waals surface area contributed by atoms with E-state index in [1.54, 1.807) is 12.1 Å². The Bertz CT molecular complexity index is 918. The smallest absolute Gasteiger partial charge is 0.246 e. The summed E-state index contributed by atoms with van der Waals surface area (Å²) < 4.78 is 58.3. The van der Waals surface area contributed by atoms with Gasteiger partial charge in [-0.2, -0.15) is 4.31 Å². The number of amides is 1. The summed E-state index contributed by atoms with van der Waals surface area (Å²) >= 11 is 0. The molecule has 0 radical (unpaired) electrons. The first-order valence-corrected chi connectivity index (χ1v) is 9.27. The Morgan fingerprint density at radius 1 is 1.12 bits per heavy atom. The van der Waals surface area contributed by atoms with Gasteiger partial charge in [0.05, 0.1) is 6.26 Å². The lowest BCUT2D eigenvalue weighted by molar-refractivity contribution is -0.127. The van der Waals surface area contributed by atoms with Gasteiger partial charge in [-0.15, -0.1) is 0 Å². The summed E-state index contributed by atoms with van der Waals surface area (Å²) in [5, 5.41) is 0. The predicted octanol–water partition coefficient (Wildman–Crippen LogP) is 2.10. The molecule has 0 saturated carbocycles. The van der Waals surface area contributed by atoms with Crippen molar-refractivity contribution in [3.63, 3.8) is 0 Å². The summed E-state index contributed by atoms with van der Waals surface area (Å²) in [6, 6.07) is 5.69. The van der Waals surface area contributed by atoms with Crippen molar-refractivity contribution in [1.82, 2.24) is 9.21 Å². The number of halogens is 2. The zero-order chi connectivity index (χ0) is 18.7. The predicted molar refractivity (Wildman–Crippen MR) is 89.4 cm³/mol. The van der Waals surface area contributed by atoms with Crippen LogP contribution in [0.2, 0.25) is 0 Å². The molecule has 0 unspecified atom stereocenters. The van der Waals surface area contributed by atoms with E-state index in [-0.39, 0.29) is 32.1 Å². The van der Waals surface area contributed by atoms with Gasteiger partial charge in [0.15, 0.2) is 0 Å². The fraction of sp³-hybridized carbons (Fsp3) is 0.235. The van der Waals surface area contributed by atoms with Crippen LogP contribution in [-0.4, -0.2) is 49.7 Å². The molecule has 1 aliphatic rings. The molecule has 3 rings (SSSR count). The number of nitrogens with zero attached hydrogens (tertiary/aromatic N) is 2. The molecule has 0 atom stereocenters. The van der Waals surface area contributed by atoms with Gasteiger partial charge in [-0.05, 0) is 36.4 Å². The molecule has 1 fully saturated rings. The van der Waals surface area contributed by atoms with Crippen LogP contribution < -0.4 is 0 Å². The minimum atomic E-state index is -4.16. The van der Waals surface area contributed by atoms with Crippen molar-refractivity contribution in [1.29, 1.82) is 0 Å². The first-order valence-electron chi connectivity index (χ1n) is 7.83. The molecule has 1 aromatic heterocycles. The minimum Gasteiger partial charge on any atom is -0.465 e. The largest absolute Gasteiger partial charge is 0.465 e. The van der Waals surface area contributed by atoms with E-state index in [4.69, 9.17) is 4.42 Å². The number of benzene rings is 1. The van der Waals surface area contributed by atoms with Crippen LogP contribution in [0.25, 0.3) is 6.08 Å². The highest BCUT2D eigenvalue weighted by atomic mass is 32.2. The second-order valence-corrected chi connectivity index (χ2v) is 7.56. The van der Waals surface area contributed by atoms with Crippen LogP contribution in [0, 0.1) is 11.6 Å². The van der Waals surface area contributed by atoms with Crippen molar-refractivity contribution in [2.45, 2.75) is 4.90 Å². The first-order chi connectivity index (χ1) is 12.4. The molecule has 1 saturated heterocycles. The molecule has 2 heterocycles. The molecule has 2 aromatic rings. The number of hydrogen-bond donors (Lipinski definition) is 0. The summed E-state index contributed by atoms with van der Waals surface area (Å²) in [6.45, 7) is 0.298. The molecule has 26 heavy (non-hydrogen) atoms. The van der Waals surface area contributed by atoms with Gasteiger partial charge >= 0.3 is 0 Å². The lowest BCUT2D eigenvalue weighted by Crippen LogP contribution is -2.50. The summed E-state index contributed by atoms with van der Waals surface area (Å²) in [7, 11) is -4.16. The zero-order valence-corrected chi connectivity index (χ0v) is 14.5. The SMILES string of the molecule is O=C(/C=C/c1ccco1)N1CCN(S(=O)(=O)c2cc(F)ccc2F)CC1. The van der Waals surface area contributed by atoms with E-state index >= 15 is 0 Å². The lowest BCUT2D eigenvalue weighted by atomic mass is 10.3. The molecule has 0 bridgehead atoms. The fourth-order valence-electron chi connectivity index (χ4n) is 2.61. The van der Waals surface area contributed by atoms with Gasteiger partial charge in [-0.25, -0.2) is 17.2 Å². The molecule has 9 heteroatoms. The number of piperazine rings is 1. The quantitative estimate of drug-likeness (QED) is 0.760. The van der Waals surface area contributed by atoms with Crippen LogP contribution in [0.4, 0.5) is 8.78 Å². The van der Waals surface area contributed by atoms with E-state index < -0.39 is 26.6 Å².